The standard InChI is InChI=1S/C10H15/c1-2-4-6-8-10-9-7-5-3-1/h1-2,5-7H,3-4,8-10H2. The van der Waals surface area contributed by atoms with Crippen molar-refractivity contribution in [2.45, 2.75) is 32.1 Å². The van der Waals surface area contributed by atoms with E-state index < -0.39 is 0 Å². The second kappa shape index (κ2) is 5.28. The van der Waals surface area contributed by atoms with Gasteiger partial charge in [-0.05, 0) is 38.5 Å². The zero-order valence-corrected chi connectivity index (χ0v) is 6.42. The summed E-state index contributed by atoms with van der Waals surface area (Å²) < 4.78 is 0. The van der Waals surface area contributed by atoms with Gasteiger partial charge in [-0.15, -0.1) is 0 Å². The van der Waals surface area contributed by atoms with Crippen LogP contribution in [-0.4, -0.2) is 0 Å². The second-order valence-electron chi connectivity index (χ2n) is 2.63. The van der Waals surface area contributed by atoms with Crippen LogP contribution in [0.3, 0.4) is 0 Å². The first-order valence-corrected chi connectivity index (χ1v) is 4.12. The summed E-state index contributed by atoms with van der Waals surface area (Å²) in [4.78, 5) is 0. The summed E-state index contributed by atoms with van der Waals surface area (Å²) in [6, 6.07) is 0. The maximum Gasteiger partial charge on any atom is -0.0169 e. The monoisotopic (exact) mass is 135 g/mol. The lowest BCUT2D eigenvalue weighted by Crippen LogP contribution is -1.77. The Labute approximate surface area is 63.6 Å². The topological polar surface area (TPSA) is 0 Å². The zero-order valence-electron chi connectivity index (χ0n) is 6.42. The van der Waals surface area contributed by atoms with Crippen molar-refractivity contribution in [2.75, 3.05) is 0 Å². The van der Waals surface area contributed by atoms with E-state index in [0.717, 1.165) is 12.8 Å². The van der Waals surface area contributed by atoms with E-state index in [1.807, 2.05) is 0 Å². The van der Waals surface area contributed by atoms with Crippen LogP contribution < -0.4 is 0 Å². The molecule has 1 aliphatic carbocycles. The molecule has 0 fully saturated rings. The molecular weight excluding hydrogens is 120 g/mol. The highest BCUT2D eigenvalue weighted by atomic mass is 13.9. The fourth-order valence-corrected chi connectivity index (χ4v) is 1.08. The first kappa shape index (κ1) is 7.59. The molecule has 0 heteroatoms. The third kappa shape index (κ3) is 3.49. The van der Waals surface area contributed by atoms with Gasteiger partial charge in [0.15, 0.2) is 0 Å². The highest BCUT2D eigenvalue weighted by Gasteiger charge is 1.87. The number of hydrogen-bond acceptors (Lipinski definition) is 0. The minimum atomic E-state index is 1.12. The molecule has 0 bridgehead atoms. The van der Waals surface area contributed by atoms with Gasteiger partial charge in [0, 0.05) is 0 Å². The third-order valence-corrected chi connectivity index (χ3v) is 1.69. The van der Waals surface area contributed by atoms with E-state index in [9.17, 15) is 0 Å². The molecule has 0 aromatic rings. The fraction of sp³-hybridized carbons (Fsp3) is 0.500. The van der Waals surface area contributed by atoms with Gasteiger partial charge in [0.25, 0.3) is 0 Å². The minimum absolute atomic E-state index is 1.12. The van der Waals surface area contributed by atoms with Crippen LogP contribution in [0.25, 0.3) is 0 Å². The predicted octanol–water partition coefficient (Wildman–Crippen LogP) is 3.27. The lowest BCUT2D eigenvalue weighted by Gasteiger charge is -1.96. The molecule has 0 saturated heterocycles. The Balaban J connectivity index is 2.25. The van der Waals surface area contributed by atoms with Crippen molar-refractivity contribution in [3.63, 3.8) is 0 Å². The smallest absolute Gasteiger partial charge is 0.0169 e. The van der Waals surface area contributed by atoms with Crippen molar-refractivity contribution in [2.24, 2.45) is 0 Å². The fourth-order valence-electron chi connectivity index (χ4n) is 1.08. The van der Waals surface area contributed by atoms with E-state index in [1.165, 1.54) is 19.3 Å². The maximum atomic E-state index is 2.36. The molecule has 0 heterocycles. The molecular formula is C10H15. The minimum Gasteiger partial charge on any atom is -0.0882 e. The average molecular weight is 135 g/mol. The van der Waals surface area contributed by atoms with Gasteiger partial charge in [0.2, 0.25) is 0 Å². The van der Waals surface area contributed by atoms with E-state index in [2.05, 4.69) is 30.7 Å². The van der Waals surface area contributed by atoms with Crippen LogP contribution in [0.5, 0.6) is 0 Å². The van der Waals surface area contributed by atoms with E-state index >= 15 is 0 Å². The molecule has 1 aliphatic rings. The van der Waals surface area contributed by atoms with E-state index in [0.29, 0.717) is 0 Å². The van der Waals surface area contributed by atoms with Gasteiger partial charge in [0.05, 0.1) is 0 Å². The van der Waals surface area contributed by atoms with Crippen LogP contribution in [-0.2, 0) is 0 Å². The summed E-state index contributed by atoms with van der Waals surface area (Å²) >= 11 is 0. The molecule has 0 unspecified atom stereocenters. The number of allylic oxidation sites excluding steroid dienone is 4. The summed E-state index contributed by atoms with van der Waals surface area (Å²) in [6.07, 6.45) is 17.5. The van der Waals surface area contributed by atoms with Crippen molar-refractivity contribution in [1.82, 2.24) is 0 Å². The van der Waals surface area contributed by atoms with Gasteiger partial charge in [-0.1, -0.05) is 24.3 Å². The molecule has 55 valence electrons. The maximum absolute atomic E-state index is 2.36. The second-order valence-corrected chi connectivity index (χ2v) is 2.63. The lowest BCUT2D eigenvalue weighted by molar-refractivity contribution is 0.807. The van der Waals surface area contributed by atoms with Crippen molar-refractivity contribution in [3.8, 4) is 0 Å². The summed E-state index contributed by atoms with van der Waals surface area (Å²) in [7, 11) is 0. The molecule has 0 aromatic carbocycles. The summed E-state index contributed by atoms with van der Waals surface area (Å²) in [5.74, 6) is 0. The molecule has 0 saturated carbocycles. The van der Waals surface area contributed by atoms with E-state index in [4.69, 9.17) is 0 Å². The van der Waals surface area contributed by atoms with Crippen LogP contribution in [0, 0.1) is 6.42 Å². The summed E-state index contributed by atoms with van der Waals surface area (Å²) in [6.45, 7) is 0. The van der Waals surface area contributed by atoms with Gasteiger partial charge < -0.3 is 0 Å². The molecule has 10 heavy (non-hydrogen) atoms. The normalized spacial score (nSPS) is 20.8. The average Bonchev–Trinajstić information content (AvgIpc) is 2.01. The van der Waals surface area contributed by atoms with Crippen LogP contribution in [0.15, 0.2) is 24.3 Å². The molecule has 0 nitrogen and oxygen atoms in total. The largest absolute Gasteiger partial charge is 0.0882 e. The molecule has 1 radical (unpaired) electrons. The van der Waals surface area contributed by atoms with Gasteiger partial charge in [-0.25, -0.2) is 0 Å². The molecule has 0 amide bonds. The van der Waals surface area contributed by atoms with Crippen LogP contribution >= 0.6 is 0 Å². The molecule has 0 aromatic heterocycles. The van der Waals surface area contributed by atoms with Gasteiger partial charge >= 0.3 is 0 Å². The molecule has 0 N–H and O–H groups in total. The molecule has 0 aliphatic heterocycles. The Hall–Kier alpha value is -0.520. The Bertz CT molecular complexity index is 106. The van der Waals surface area contributed by atoms with Crippen molar-refractivity contribution >= 4 is 0 Å². The van der Waals surface area contributed by atoms with Crippen LogP contribution in [0.2, 0.25) is 0 Å². The Morgan fingerprint density at radius 2 is 1.50 bits per heavy atom. The first-order valence-electron chi connectivity index (χ1n) is 4.12. The van der Waals surface area contributed by atoms with Crippen LogP contribution in [0.1, 0.15) is 32.1 Å². The van der Waals surface area contributed by atoms with Gasteiger partial charge in [-0.2, -0.15) is 0 Å². The highest BCUT2D eigenvalue weighted by molar-refractivity contribution is 4.96. The third-order valence-electron chi connectivity index (χ3n) is 1.69. The van der Waals surface area contributed by atoms with Crippen molar-refractivity contribution < 1.29 is 0 Å². The Morgan fingerprint density at radius 3 is 2.50 bits per heavy atom. The predicted molar refractivity (Wildman–Crippen MR) is 45.7 cm³/mol. The Morgan fingerprint density at radius 1 is 0.700 bits per heavy atom. The summed E-state index contributed by atoms with van der Waals surface area (Å²) in [5.41, 5.74) is 0. The Kier molecular flexibility index (Phi) is 4.00. The molecule has 1 rings (SSSR count). The van der Waals surface area contributed by atoms with E-state index in [1.54, 1.807) is 0 Å². The van der Waals surface area contributed by atoms with Gasteiger partial charge in [-0.3, -0.25) is 0 Å². The lowest BCUT2D eigenvalue weighted by atomic mass is 10.1. The SMILES string of the molecule is [CH]1CC=CCC=CCCC1. The number of rotatable bonds is 0. The first-order chi connectivity index (χ1) is 5.00. The van der Waals surface area contributed by atoms with E-state index in [-0.39, 0.29) is 0 Å². The number of hydrogen-bond donors (Lipinski definition) is 0. The quantitative estimate of drug-likeness (QED) is 0.447. The highest BCUT2D eigenvalue weighted by Crippen LogP contribution is 2.05. The van der Waals surface area contributed by atoms with Crippen LogP contribution in [0.4, 0.5) is 0 Å². The molecule has 0 atom stereocenters. The van der Waals surface area contributed by atoms with Crippen molar-refractivity contribution in [3.05, 3.63) is 30.7 Å². The van der Waals surface area contributed by atoms with Gasteiger partial charge in [0.1, 0.15) is 0 Å². The summed E-state index contributed by atoms with van der Waals surface area (Å²) in [5, 5.41) is 0. The zero-order chi connectivity index (χ0) is 7.07. The van der Waals surface area contributed by atoms with Crippen molar-refractivity contribution in [1.29, 1.82) is 0 Å². The molecule has 0 spiro atoms.